The lowest BCUT2D eigenvalue weighted by Gasteiger charge is -2.22. The van der Waals surface area contributed by atoms with Gasteiger partial charge in [0.25, 0.3) is 0 Å². The normalized spacial score (nSPS) is 12.9. The molecule has 0 spiro atoms. The van der Waals surface area contributed by atoms with E-state index in [9.17, 15) is 14.7 Å². The summed E-state index contributed by atoms with van der Waals surface area (Å²) < 4.78 is 10.2. The van der Waals surface area contributed by atoms with Crippen LogP contribution in [0.25, 0.3) is 0 Å². The summed E-state index contributed by atoms with van der Waals surface area (Å²) in [5.41, 5.74) is -0.725. The van der Waals surface area contributed by atoms with E-state index in [1.165, 1.54) is 26.0 Å². The summed E-state index contributed by atoms with van der Waals surface area (Å²) in [4.78, 5) is 23.7. The molecule has 7 nitrogen and oxygen atoms in total. The van der Waals surface area contributed by atoms with Crippen LogP contribution < -0.4 is 20.1 Å². The van der Waals surface area contributed by atoms with Crippen molar-refractivity contribution in [2.24, 2.45) is 0 Å². The van der Waals surface area contributed by atoms with Crippen LogP contribution in [0.2, 0.25) is 0 Å². The summed E-state index contributed by atoms with van der Waals surface area (Å²) in [5, 5.41) is 14.8. The van der Waals surface area contributed by atoms with Crippen molar-refractivity contribution in [3.05, 3.63) is 18.2 Å². The minimum atomic E-state index is -1.08. The van der Waals surface area contributed by atoms with Crippen LogP contribution in [-0.2, 0) is 9.59 Å². The van der Waals surface area contributed by atoms with Gasteiger partial charge in [-0.3, -0.25) is 9.59 Å². The van der Waals surface area contributed by atoms with Gasteiger partial charge in [-0.05, 0) is 25.3 Å². The molecule has 0 aromatic heterocycles. The van der Waals surface area contributed by atoms with E-state index in [4.69, 9.17) is 9.47 Å². The number of thioether (sulfide) groups is 1. The van der Waals surface area contributed by atoms with E-state index in [1.54, 1.807) is 25.1 Å². The third-order valence-corrected chi connectivity index (χ3v) is 3.86. The van der Waals surface area contributed by atoms with E-state index in [0.29, 0.717) is 22.9 Å². The number of carbonyl (C=O) groups is 2. The number of methoxy groups -OCH3 is 2. The van der Waals surface area contributed by atoms with Crippen LogP contribution in [0.5, 0.6) is 11.5 Å². The molecule has 0 aliphatic rings. The maximum Gasteiger partial charge on any atom is 0.313 e. The minimum Gasteiger partial charge on any atom is -0.497 e. The summed E-state index contributed by atoms with van der Waals surface area (Å²) in [6.07, 6.45) is 1.85. The van der Waals surface area contributed by atoms with E-state index in [2.05, 4.69) is 10.6 Å². The van der Waals surface area contributed by atoms with Crippen LogP contribution in [-0.4, -0.2) is 55.3 Å². The number of hydrogen-bond acceptors (Lipinski definition) is 6. The molecule has 0 saturated heterocycles. The quantitative estimate of drug-likeness (QED) is 0.636. The second kappa shape index (κ2) is 8.64. The second-order valence-corrected chi connectivity index (χ2v) is 6.00. The molecule has 8 heteroatoms. The number of amides is 2. The largest absolute Gasteiger partial charge is 0.497 e. The molecule has 0 bridgehead atoms. The average Bonchev–Trinajstić information content (AvgIpc) is 2.52. The van der Waals surface area contributed by atoms with E-state index < -0.39 is 17.4 Å². The second-order valence-electron chi connectivity index (χ2n) is 5.13. The number of hydrogen-bond donors (Lipinski definition) is 3. The predicted octanol–water partition coefficient (Wildman–Crippen LogP) is 0.872. The molecule has 1 aromatic carbocycles. The highest BCUT2D eigenvalue weighted by atomic mass is 32.2. The first-order valence-corrected chi connectivity index (χ1v) is 8.25. The molecular weight excluding hydrogens is 320 g/mol. The zero-order chi connectivity index (χ0) is 17.5. The van der Waals surface area contributed by atoms with Gasteiger partial charge in [0, 0.05) is 18.4 Å². The lowest BCUT2D eigenvalue weighted by atomic mass is 10.1. The van der Waals surface area contributed by atoms with Crippen molar-refractivity contribution in [2.45, 2.75) is 12.5 Å². The Kier molecular flexibility index (Phi) is 7.18. The van der Waals surface area contributed by atoms with Crippen LogP contribution in [0.3, 0.4) is 0 Å². The molecule has 0 saturated carbocycles. The fourth-order valence-corrected chi connectivity index (χ4v) is 2.52. The number of aliphatic hydroxyl groups is 1. The maximum atomic E-state index is 11.9. The van der Waals surface area contributed by atoms with Crippen molar-refractivity contribution in [3.8, 4) is 11.5 Å². The molecule has 0 aliphatic heterocycles. The van der Waals surface area contributed by atoms with Gasteiger partial charge in [-0.25, -0.2) is 0 Å². The van der Waals surface area contributed by atoms with E-state index in [-0.39, 0.29) is 6.54 Å². The van der Waals surface area contributed by atoms with E-state index in [0.717, 1.165) is 0 Å². The molecule has 1 atom stereocenters. The SMILES string of the molecule is COc1ccc(NC(=O)C(=O)NC[C@@](C)(O)CSC)c(OC)c1. The van der Waals surface area contributed by atoms with Gasteiger partial charge >= 0.3 is 11.8 Å². The van der Waals surface area contributed by atoms with Gasteiger partial charge in [-0.1, -0.05) is 0 Å². The molecule has 0 aliphatic carbocycles. The molecule has 0 fully saturated rings. The first-order valence-electron chi connectivity index (χ1n) is 6.85. The number of carbonyl (C=O) groups excluding carboxylic acids is 2. The Balaban J connectivity index is 2.67. The number of rotatable bonds is 7. The van der Waals surface area contributed by atoms with Gasteiger partial charge in [-0.15, -0.1) is 0 Å². The van der Waals surface area contributed by atoms with Gasteiger partial charge in [0.2, 0.25) is 0 Å². The zero-order valence-electron chi connectivity index (χ0n) is 13.6. The lowest BCUT2D eigenvalue weighted by molar-refractivity contribution is -0.136. The first-order chi connectivity index (χ1) is 10.8. The van der Waals surface area contributed by atoms with E-state index in [1.807, 2.05) is 6.26 Å². The monoisotopic (exact) mass is 342 g/mol. The van der Waals surface area contributed by atoms with Crippen LogP contribution in [0.1, 0.15) is 6.92 Å². The Morgan fingerprint density at radius 2 is 1.96 bits per heavy atom. The Bertz CT molecular complexity index is 563. The Morgan fingerprint density at radius 3 is 2.52 bits per heavy atom. The van der Waals surface area contributed by atoms with Crippen molar-refractivity contribution in [1.29, 1.82) is 0 Å². The van der Waals surface area contributed by atoms with Crippen LogP contribution in [0, 0.1) is 0 Å². The molecule has 3 N–H and O–H groups in total. The Morgan fingerprint density at radius 1 is 1.26 bits per heavy atom. The highest BCUT2D eigenvalue weighted by molar-refractivity contribution is 7.98. The van der Waals surface area contributed by atoms with Gasteiger partial charge in [0.05, 0.1) is 25.5 Å². The molecule has 1 rings (SSSR count). The van der Waals surface area contributed by atoms with Crippen LogP contribution >= 0.6 is 11.8 Å². The molecule has 0 unspecified atom stereocenters. The Hall–Kier alpha value is -1.93. The minimum absolute atomic E-state index is 0.0140. The summed E-state index contributed by atoms with van der Waals surface area (Å²) in [7, 11) is 2.96. The molecule has 1 aromatic rings. The summed E-state index contributed by atoms with van der Waals surface area (Å²) in [5.74, 6) is -0.281. The van der Waals surface area contributed by atoms with Gasteiger partial charge in [0.15, 0.2) is 0 Å². The molecule has 23 heavy (non-hydrogen) atoms. The molecular formula is C15H22N2O5S. The van der Waals surface area contributed by atoms with Crippen molar-refractivity contribution in [3.63, 3.8) is 0 Å². The zero-order valence-corrected chi connectivity index (χ0v) is 14.5. The number of nitrogens with one attached hydrogen (secondary N) is 2. The topological polar surface area (TPSA) is 96.9 Å². The summed E-state index contributed by atoms with van der Waals surface area (Å²) in [6, 6.07) is 4.81. The van der Waals surface area contributed by atoms with Crippen molar-refractivity contribution < 1.29 is 24.2 Å². The smallest absolute Gasteiger partial charge is 0.313 e. The maximum absolute atomic E-state index is 11.9. The molecule has 0 radical (unpaired) electrons. The average molecular weight is 342 g/mol. The third-order valence-electron chi connectivity index (χ3n) is 2.95. The fraction of sp³-hybridized carbons (Fsp3) is 0.467. The standard InChI is InChI=1S/C15H22N2O5S/c1-15(20,9-23-4)8-16-13(18)14(19)17-11-6-5-10(21-2)7-12(11)22-3/h5-7,20H,8-9H2,1-4H3,(H,16,18)(H,17,19)/t15-/m1/s1. The van der Waals surface area contributed by atoms with Crippen LogP contribution in [0.15, 0.2) is 18.2 Å². The van der Waals surface area contributed by atoms with Gasteiger partial charge in [0.1, 0.15) is 11.5 Å². The number of ether oxygens (including phenoxy) is 2. The van der Waals surface area contributed by atoms with E-state index >= 15 is 0 Å². The van der Waals surface area contributed by atoms with Gasteiger partial charge < -0.3 is 25.2 Å². The number of benzene rings is 1. The van der Waals surface area contributed by atoms with Gasteiger partial charge in [-0.2, -0.15) is 11.8 Å². The van der Waals surface area contributed by atoms with Crippen LogP contribution in [0.4, 0.5) is 5.69 Å². The highest BCUT2D eigenvalue weighted by Gasteiger charge is 2.23. The summed E-state index contributed by atoms with van der Waals surface area (Å²) in [6.45, 7) is 1.58. The van der Waals surface area contributed by atoms with Crippen molar-refractivity contribution >= 4 is 29.3 Å². The van der Waals surface area contributed by atoms with Crippen molar-refractivity contribution in [2.75, 3.05) is 38.1 Å². The molecule has 2 amide bonds. The first kappa shape index (κ1) is 19.1. The summed E-state index contributed by atoms with van der Waals surface area (Å²) >= 11 is 1.45. The highest BCUT2D eigenvalue weighted by Crippen LogP contribution is 2.28. The van der Waals surface area contributed by atoms with Crippen molar-refractivity contribution in [1.82, 2.24) is 5.32 Å². The molecule has 128 valence electrons. The lowest BCUT2D eigenvalue weighted by Crippen LogP contribution is -2.45. The number of anilines is 1. The third kappa shape index (κ3) is 5.99. The predicted molar refractivity (Wildman–Crippen MR) is 90.2 cm³/mol. The fourth-order valence-electron chi connectivity index (χ4n) is 1.79. The molecule has 0 heterocycles. The Labute approximate surface area is 139 Å².